The van der Waals surface area contributed by atoms with E-state index in [1.54, 1.807) is 6.92 Å². The normalized spacial score (nSPS) is 10.2. The van der Waals surface area contributed by atoms with Crippen molar-refractivity contribution in [3.63, 3.8) is 0 Å². The fourth-order valence-electron chi connectivity index (χ4n) is 0.709. The van der Waals surface area contributed by atoms with E-state index in [2.05, 4.69) is 15.9 Å². The van der Waals surface area contributed by atoms with Crippen molar-refractivity contribution in [3.8, 4) is 0 Å². The van der Waals surface area contributed by atoms with Gasteiger partial charge in [0.05, 0.1) is 5.69 Å². The molecule has 0 aromatic heterocycles. The molecule has 0 spiro atoms. The molecule has 0 fully saturated rings. The minimum Gasteiger partial charge on any atom is -0.395 e. The lowest BCUT2D eigenvalue weighted by Crippen LogP contribution is -1.94. The van der Waals surface area contributed by atoms with Crippen molar-refractivity contribution >= 4 is 33.2 Å². The first-order chi connectivity index (χ1) is 5.04. The predicted molar refractivity (Wildman–Crippen MR) is 48.3 cm³/mol. The summed E-state index contributed by atoms with van der Waals surface area (Å²) in [5.74, 6) is -0.493. The molecule has 1 aromatic rings. The van der Waals surface area contributed by atoms with Crippen molar-refractivity contribution in [2.24, 2.45) is 0 Å². The third-order valence-corrected chi connectivity index (χ3v) is 2.85. The van der Waals surface area contributed by atoms with Gasteiger partial charge in [0, 0.05) is 9.50 Å². The maximum absolute atomic E-state index is 12.8. The molecule has 0 saturated heterocycles. The molecular weight excluding hydrogens is 232 g/mol. The van der Waals surface area contributed by atoms with E-state index in [-0.39, 0.29) is 5.69 Å². The SMILES string of the molecule is Cc1c(Cl)cc(F)c(N)c1Br. The summed E-state index contributed by atoms with van der Waals surface area (Å²) < 4.78 is 13.3. The summed E-state index contributed by atoms with van der Waals surface area (Å²) in [7, 11) is 0. The highest BCUT2D eigenvalue weighted by atomic mass is 79.9. The number of halogens is 3. The molecule has 0 heterocycles. The van der Waals surface area contributed by atoms with Crippen molar-refractivity contribution in [1.29, 1.82) is 0 Å². The zero-order valence-corrected chi connectivity index (χ0v) is 8.13. The second-order valence-corrected chi connectivity index (χ2v) is 3.39. The number of nitrogens with two attached hydrogens (primary N) is 1. The topological polar surface area (TPSA) is 26.0 Å². The molecule has 0 saturated carbocycles. The van der Waals surface area contributed by atoms with E-state index in [0.717, 1.165) is 5.56 Å². The summed E-state index contributed by atoms with van der Waals surface area (Å²) in [6.45, 7) is 1.77. The van der Waals surface area contributed by atoms with Gasteiger partial charge in [0.1, 0.15) is 5.82 Å². The predicted octanol–water partition coefficient (Wildman–Crippen LogP) is 3.13. The van der Waals surface area contributed by atoms with Crippen LogP contribution in [0.3, 0.4) is 0 Å². The van der Waals surface area contributed by atoms with Crippen LogP contribution in [0, 0.1) is 12.7 Å². The zero-order chi connectivity index (χ0) is 8.59. The summed E-state index contributed by atoms with van der Waals surface area (Å²) >= 11 is 8.80. The number of anilines is 1. The Bertz CT molecular complexity index is 275. The van der Waals surface area contributed by atoms with Crippen LogP contribution in [0.1, 0.15) is 5.56 Å². The third-order valence-electron chi connectivity index (χ3n) is 1.43. The lowest BCUT2D eigenvalue weighted by atomic mass is 10.2. The summed E-state index contributed by atoms with van der Waals surface area (Å²) in [5, 5.41) is 0.378. The molecule has 0 bridgehead atoms. The van der Waals surface area contributed by atoms with Crippen LogP contribution in [0.15, 0.2) is 10.5 Å². The van der Waals surface area contributed by atoms with Gasteiger partial charge in [-0.25, -0.2) is 4.39 Å². The minimum absolute atomic E-state index is 0.104. The van der Waals surface area contributed by atoms with Crippen molar-refractivity contribution in [1.82, 2.24) is 0 Å². The van der Waals surface area contributed by atoms with E-state index >= 15 is 0 Å². The molecular formula is C7H6BrClFN. The van der Waals surface area contributed by atoms with E-state index in [4.69, 9.17) is 17.3 Å². The average Bonchev–Trinajstić information content (AvgIpc) is 1.97. The molecule has 0 aliphatic heterocycles. The summed E-state index contributed by atoms with van der Waals surface area (Å²) in [6, 6.07) is 1.21. The first kappa shape index (κ1) is 8.81. The van der Waals surface area contributed by atoms with Crippen LogP contribution in [0.4, 0.5) is 10.1 Å². The molecule has 1 aromatic carbocycles. The van der Waals surface area contributed by atoms with Crippen LogP contribution < -0.4 is 5.73 Å². The lowest BCUT2D eigenvalue weighted by molar-refractivity contribution is 0.631. The van der Waals surface area contributed by atoms with Gasteiger partial charge in [-0.3, -0.25) is 0 Å². The fraction of sp³-hybridized carbons (Fsp3) is 0.143. The van der Waals surface area contributed by atoms with E-state index in [1.807, 2.05) is 0 Å². The van der Waals surface area contributed by atoms with E-state index in [9.17, 15) is 4.39 Å². The minimum atomic E-state index is -0.493. The number of nitrogen functional groups attached to an aromatic ring is 1. The van der Waals surface area contributed by atoms with Gasteiger partial charge in [0.25, 0.3) is 0 Å². The highest BCUT2D eigenvalue weighted by molar-refractivity contribution is 9.10. The molecule has 0 radical (unpaired) electrons. The standard InChI is InChI=1S/C7H6BrClFN/c1-3-4(9)2-5(10)7(11)6(3)8/h2H,11H2,1H3. The smallest absolute Gasteiger partial charge is 0.148 e. The molecule has 1 nitrogen and oxygen atoms in total. The highest BCUT2D eigenvalue weighted by Crippen LogP contribution is 2.31. The van der Waals surface area contributed by atoms with Gasteiger partial charge in [-0.15, -0.1) is 0 Å². The number of hydrogen-bond acceptors (Lipinski definition) is 1. The van der Waals surface area contributed by atoms with Crippen molar-refractivity contribution in [2.45, 2.75) is 6.92 Å². The summed E-state index contributed by atoms with van der Waals surface area (Å²) in [4.78, 5) is 0. The van der Waals surface area contributed by atoms with Gasteiger partial charge >= 0.3 is 0 Å². The maximum atomic E-state index is 12.8. The van der Waals surface area contributed by atoms with Gasteiger partial charge in [0.2, 0.25) is 0 Å². The van der Waals surface area contributed by atoms with Gasteiger partial charge in [-0.1, -0.05) is 11.6 Å². The largest absolute Gasteiger partial charge is 0.395 e. The molecule has 11 heavy (non-hydrogen) atoms. The fourth-order valence-corrected chi connectivity index (χ4v) is 1.42. The van der Waals surface area contributed by atoms with E-state index in [0.29, 0.717) is 9.50 Å². The van der Waals surface area contributed by atoms with Crippen molar-refractivity contribution < 1.29 is 4.39 Å². The molecule has 4 heteroatoms. The first-order valence-corrected chi connectivity index (χ1v) is 4.10. The van der Waals surface area contributed by atoms with Crippen molar-refractivity contribution in [3.05, 3.63) is 26.9 Å². The molecule has 0 unspecified atom stereocenters. The molecule has 1 rings (SSSR count). The Labute approximate surface area is 77.5 Å². The van der Waals surface area contributed by atoms with Gasteiger partial charge in [-0.05, 0) is 34.5 Å². The Balaban J connectivity index is 3.46. The number of rotatable bonds is 0. The molecule has 0 aliphatic carbocycles. The summed E-state index contributed by atoms with van der Waals surface area (Å²) in [6.07, 6.45) is 0. The van der Waals surface area contributed by atoms with Gasteiger partial charge in [-0.2, -0.15) is 0 Å². The van der Waals surface area contributed by atoms with Crippen LogP contribution in [-0.2, 0) is 0 Å². The third kappa shape index (κ3) is 1.49. The molecule has 0 amide bonds. The first-order valence-electron chi connectivity index (χ1n) is 2.93. The Hall–Kier alpha value is -0.280. The quantitative estimate of drug-likeness (QED) is 0.691. The number of hydrogen-bond donors (Lipinski definition) is 1. The van der Waals surface area contributed by atoms with Crippen LogP contribution in [0.2, 0.25) is 5.02 Å². The second kappa shape index (κ2) is 2.99. The van der Waals surface area contributed by atoms with Gasteiger partial charge < -0.3 is 5.73 Å². The lowest BCUT2D eigenvalue weighted by Gasteiger charge is -2.05. The Morgan fingerprint density at radius 2 is 2.18 bits per heavy atom. The maximum Gasteiger partial charge on any atom is 0.148 e. The van der Waals surface area contributed by atoms with Crippen LogP contribution in [-0.4, -0.2) is 0 Å². The number of benzene rings is 1. The monoisotopic (exact) mass is 237 g/mol. The zero-order valence-electron chi connectivity index (χ0n) is 5.79. The molecule has 2 N–H and O–H groups in total. The summed E-state index contributed by atoms with van der Waals surface area (Å²) in [5.41, 5.74) is 6.23. The van der Waals surface area contributed by atoms with Crippen molar-refractivity contribution in [2.75, 3.05) is 5.73 Å². The molecule has 0 aliphatic rings. The highest BCUT2D eigenvalue weighted by Gasteiger charge is 2.08. The van der Waals surface area contributed by atoms with Crippen LogP contribution in [0.25, 0.3) is 0 Å². The van der Waals surface area contributed by atoms with Crippen LogP contribution in [0.5, 0.6) is 0 Å². The van der Waals surface area contributed by atoms with E-state index < -0.39 is 5.82 Å². The molecule has 60 valence electrons. The van der Waals surface area contributed by atoms with Crippen LogP contribution >= 0.6 is 27.5 Å². The Kier molecular flexibility index (Phi) is 2.40. The Morgan fingerprint density at radius 1 is 1.64 bits per heavy atom. The van der Waals surface area contributed by atoms with Gasteiger partial charge in [0.15, 0.2) is 0 Å². The molecule has 0 atom stereocenters. The average molecular weight is 238 g/mol. The van der Waals surface area contributed by atoms with E-state index in [1.165, 1.54) is 6.07 Å². The second-order valence-electron chi connectivity index (χ2n) is 2.19. The Morgan fingerprint density at radius 3 is 2.73 bits per heavy atom.